The van der Waals surface area contributed by atoms with Crippen molar-refractivity contribution in [2.45, 2.75) is 65.7 Å². The largest absolute Gasteiger partial charge is 0.365 e. The molecule has 0 amide bonds. The van der Waals surface area contributed by atoms with Crippen molar-refractivity contribution in [2.24, 2.45) is 5.41 Å². The van der Waals surface area contributed by atoms with E-state index < -0.39 is 0 Å². The third kappa shape index (κ3) is 6.03. The lowest BCUT2D eigenvalue weighted by Gasteiger charge is -2.27. The number of nitrogens with zero attached hydrogens (tertiary/aromatic N) is 1. The molecular weight excluding hydrogens is 359 g/mol. The number of allylic oxidation sites excluding steroid dienone is 3. The Labute approximate surface area is 175 Å². The second-order valence-electron chi connectivity index (χ2n) is 9.95. The van der Waals surface area contributed by atoms with Crippen molar-refractivity contribution >= 4 is 0 Å². The Kier molecular flexibility index (Phi) is 6.26. The first kappa shape index (κ1) is 21.3. The van der Waals surface area contributed by atoms with Crippen molar-refractivity contribution in [1.29, 1.82) is 0 Å². The molecule has 0 unspecified atom stereocenters. The summed E-state index contributed by atoms with van der Waals surface area (Å²) in [6.07, 6.45) is 10.2. The van der Waals surface area contributed by atoms with Crippen molar-refractivity contribution < 1.29 is 4.39 Å². The van der Waals surface area contributed by atoms with Crippen LogP contribution in [0.4, 0.5) is 4.39 Å². The van der Waals surface area contributed by atoms with Crippen LogP contribution in [-0.2, 0) is 5.41 Å². The fourth-order valence-electron chi connectivity index (χ4n) is 3.92. The highest BCUT2D eigenvalue weighted by Crippen LogP contribution is 2.33. The highest BCUT2D eigenvalue weighted by molar-refractivity contribution is 5.59. The summed E-state index contributed by atoms with van der Waals surface area (Å²) < 4.78 is 13.1. The Balaban J connectivity index is 1.69. The van der Waals surface area contributed by atoms with E-state index in [0.29, 0.717) is 5.41 Å². The lowest BCUT2D eigenvalue weighted by atomic mass is 9.80. The molecule has 2 aromatic rings. The van der Waals surface area contributed by atoms with Crippen molar-refractivity contribution in [3.8, 4) is 11.3 Å². The van der Waals surface area contributed by atoms with Gasteiger partial charge in [-0.3, -0.25) is 4.98 Å². The zero-order chi connectivity index (χ0) is 21.1. The van der Waals surface area contributed by atoms with Crippen LogP contribution < -0.4 is 5.32 Å². The molecule has 154 valence electrons. The number of pyridine rings is 1. The van der Waals surface area contributed by atoms with Gasteiger partial charge in [0.15, 0.2) is 0 Å². The zero-order valence-corrected chi connectivity index (χ0v) is 18.3. The van der Waals surface area contributed by atoms with Crippen LogP contribution in [0.3, 0.4) is 0 Å². The van der Waals surface area contributed by atoms with Gasteiger partial charge in [0.2, 0.25) is 0 Å². The van der Waals surface area contributed by atoms with Crippen LogP contribution in [0.1, 0.15) is 65.9 Å². The molecular formula is C26H33FN2. The molecule has 2 heterocycles. The molecule has 0 bridgehead atoms. The molecule has 1 aliphatic rings. The molecule has 0 fully saturated rings. The van der Waals surface area contributed by atoms with Gasteiger partial charge in [-0.1, -0.05) is 70.5 Å². The maximum absolute atomic E-state index is 13.1. The Morgan fingerprint density at radius 2 is 1.69 bits per heavy atom. The van der Waals surface area contributed by atoms with Crippen molar-refractivity contribution in [3.63, 3.8) is 0 Å². The number of halogens is 1. The highest BCUT2D eigenvalue weighted by Gasteiger charge is 2.23. The topological polar surface area (TPSA) is 24.9 Å². The molecule has 1 aromatic carbocycles. The van der Waals surface area contributed by atoms with Crippen LogP contribution in [0.2, 0.25) is 0 Å². The van der Waals surface area contributed by atoms with Crippen LogP contribution in [0.25, 0.3) is 11.3 Å². The summed E-state index contributed by atoms with van der Waals surface area (Å²) in [6.45, 7) is 11.4. The predicted octanol–water partition coefficient (Wildman–Crippen LogP) is 7.14. The van der Waals surface area contributed by atoms with Gasteiger partial charge in [-0.15, -0.1) is 0 Å². The smallest absolute Gasteiger partial charge is 0.141 e. The maximum Gasteiger partial charge on any atom is 0.141 e. The fourth-order valence-corrected chi connectivity index (χ4v) is 3.92. The summed E-state index contributed by atoms with van der Waals surface area (Å²) in [4.78, 5) is 4.18. The summed E-state index contributed by atoms with van der Waals surface area (Å²) in [6, 6.07) is 11.7. The highest BCUT2D eigenvalue weighted by atomic mass is 19.1. The number of benzene rings is 1. The molecule has 3 heteroatoms. The first-order valence-electron chi connectivity index (χ1n) is 10.5. The third-order valence-electron chi connectivity index (χ3n) is 5.40. The van der Waals surface area contributed by atoms with E-state index in [1.165, 1.54) is 29.1 Å². The van der Waals surface area contributed by atoms with E-state index in [0.717, 1.165) is 36.9 Å². The van der Waals surface area contributed by atoms with E-state index in [1.807, 2.05) is 0 Å². The van der Waals surface area contributed by atoms with Crippen LogP contribution in [0.5, 0.6) is 0 Å². The molecule has 0 aliphatic carbocycles. The molecule has 0 spiro atoms. The minimum atomic E-state index is -0.310. The predicted molar refractivity (Wildman–Crippen MR) is 120 cm³/mol. The van der Waals surface area contributed by atoms with Crippen molar-refractivity contribution in [2.75, 3.05) is 0 Å². The Bertz CT molecular complexity index is 882. The van der Waals surface area contributed by atoms with Crippen LogP contribution >= 0.6 is 0 Å². The first-order chi connectivity index (χ1) is 13.6. The van der Waals surface area contributed by atoms with E-state index in [4.69, 9.17) is 0 Å². The van der Waals surface area contributed by atoms with Gasteiger partial charge in [0.05, 0.1) is 11.9 Å². The molecule has 0 radical (unpaired) electrons. The standard InChI is InChI=1S/C26H33FN2/c1-25(2,3)15-19-7-6-8-23(28-17-19)16-26(4,5)21-11-9-20(10-12-21)24-14-13-22(27)18-29-24/h8-14,17-18,28H,6-7,15-16H2,1-5H3. The lowest BCUT2D eigenvalue weighted by molar-refractivity contribution is 0.404. The second-order valence-corrected chi connectivity index (χ2v) is 9.95. The number of nitrogens with one attached hydrogen (secondary N) is 1. The van der Waals surface area contributed by atoms with E-state index >= 15 is 0 Å². The molecule has 0 saturated carbocycles. The molecule has 1 aliphatic heterocycles. The van der Waals surface area contributed by atoms with E-state index in [9.17, 15) is 4.39 Å². The van der Waals surface area contributed by atoms with Crippen LogP contribution in [0.15, 0.2) is 66.1 Å². The maximum atomic E-state index is 13.1. The van der Waals surface area contributed by atoms with Crippen LogP contribution in [-0.4, -0.2) is 4.98 Å². The summed E-state index contributed by atoms with van der Waals surface area (Å²) in [5, 5.41) is 3.58. The van der Waals surface area contributed by atoms with E-state index in [2.05, 4.69) is 81.5 Å². The third-order valence-corrected chi connectivity index (χ3v) is 5.40. The molecule has 29 heavy (non-hydrogen) atoms. The lowest BCUT2D eigenvalue weighted by Crippen LogP contribution is -2.22. The Morgan fingerprint density at radius 1 is 0.966 bits per heavy atom. The van der Waals surface area contributed by atoms with E-state index in [1.54, 1.807) is 6.07 Å². The number of aromatic nitrogens is 1. The van der Waals surface area contributed by atoms with Crippen molar-refractivity contribution in [1.82, 2.24) is 10.3 Å². The number of rotatable bonds is 5. The van der Waals surface area contributed by atoms with Crippen LogP contribution in [0, 0.1) is 11.2 Å². The van der Waals surface area contributed by atoms with Gasteiger partial charge < -0.3 is 5.32 Å². The molecule has 3 rings (SSSR count). The monoisotopic (exact) mass is 392 g/mol. The van der Waals surface area contributed by atoms with Gasteiger partial charge >= 0.3 is 0 Å². The average Bonchev–Trinajstić information content (AvgIpc) is 2.86. The van der Waals surface area contributed by atoms with Gasteiger partial charge in [-0.2, -0.15) is 0 Å². The molecule has 0 saturated heterocycles. The average molecular weight is 393 g/mol. The summed E-state index contributed by atoms with van der Waals surface area (Å²) in [7, 11) is 0. The summed E-state index contributed by atoms with van der Waals surface area (Å²) >= 11 is 0. The summed E-state index contributed by atoms with van der Waals surface area (Å²) in [5.41, 5.74) is 6.20. The summed E-state index contributed by atoms with van der Waals surface area (Å²) in [5.74, 6) is -0.310. The fraction of sp³-hybridized carbons (Fsp3) is 0.423. The molecule has 1 aromatic heterocycles. The Hall–Kier alpha value is -2.42. The van der Waals surface area contributed by atoms with Gasteiger partial charge in [0.1, 0.15) is 5.82 Å². The Morgan fingerprint density at radius 3 is 2.31 bits per heavy atom. The number of hydrogen-bond donors (Lipinski definition) is 1. The van der Waals surface area contributed by atoms with Gasteiger partial charge in [-0.05, 0) is 60.4 Å². The number of hydrogen-bond acceptors (Lipinski definition) is 2. The van der Waals surface area contributed by atoms with Gasteiger partial charge in [-0.25, -0.2) is 4.39 Å². The first-order valence-corrected chi connectivity index (χ1v) is 10.5. The molecule has 2 nitrogen and oxygen atoms in total. The van der Waals surface area contributed by atoms with Crippen molar-refractivity contribution in [3.05, 3.63) is 77.5 Å². The van der Waals surface area contributed by atoms with E-state index in [-0.39, 0.29) is 11.2 Å². The quantitative estimate of drug-likeness (QED) is 0.585. The minimum absolute atomic E-state index is 0.00988. The normalized spacial score (nSPS) is 15.2. The van der Waals surface area contributed by atoms with Gasteiger partial charge in [0.25, 0.3) is 0 Å². The molecule has 0 atom stereocenters. The zero-order valence-electron chi connectivity index (χ0n) is 18.3. The minimum Gasteiger partial charge on any atom is -0.365 e. The SMILES string of the molecule is CC(C)(C)CC1=CNC(CC(C)(C)c2ccc(-c3ccc(F)cn3)cc2)=CCC1. The molecule has 1 N–H and O–H groups in total. The second kappa shape index (κ2) is 8.52. The van der Waals surface area contributed by atoms with Gasteiger partial charge in [0, 0.05) is 11.3 Å².